The Morgan fingerprint density at radius 2 is 1.95 bits per heavy atom. The predicted octanol–water partition coefficient (Wildman–Crippen LogP) is 3.86. The Hall–Kier alpha value is -1.18. The molecule has 0 aromatic rings. The van der Waals surface area contributed by atoms with Crippen LogP contribution >= 0.6 is 0 Å². The summed E-state index contributed by atoms with van der Waals surface area (Å²) in [5, 5.41) is 0. The van der Waals surface area contributed by atoms with Gasteiger partial charge in [0.15, 0.2) is 5.78 Å². The summed E-state index contributed by atoms with van der Waals surface area (Å²) in [6.45, 7) is 4.33. The third-order valence-corrected chi connectivity index (χ3v) is 6.76. The van der Waals surface area contributed by atoms with Gasteiger partial charge >= 0.3 is 0 Å². The van der Waals surface area contributed by atoms with Gasteiger partial charge in [-0.2, -0.15) is 0 Å². The van der Waals surface area contributed by atoms with Crippen LogP contribution in [0.1, 0.15) is 52.4 Å². The lowest BCUT2D eigenvalue weighted by Crippen LogP contribution is -2.41. The van der Waals surface area contributed by atoms with E-state index < -0.39 is 0 Å². The zero-order valence-corrected chi connectivity index (χ0v) is 13.0. The molecule has 4 aliphatic carbocycles. The van der Waals surface area contributed by atoms with Gasteiger partial charge in [0.1, 0.15) is 5.78 Å². The van der Waals surface area contributed by atoms with Gasteiger partial charge < -0.3 is 0 Å². The molecule has 4 aliphatic rings. The van der Waals surface area contributed by atoms with E-state index in [9.17, 15) is 9.59 Å². The van der Waals surface area contributed by atoms with Crippen molar-refractivity contribution in [2.24, 2.45) is 29.1 Å². The Bertz CT molecular complexity index is 582. The van der Waals surface area contributed by atoms with Crippen molar-refractivity contribution < 1.29 is 9.59 Å². The van der Waals surface area contributed by atoms with Crippen LogP contribution in [0.4, 0.5) is 0 Å². The van der Waals surface area contributed by atoms with Crippen LogP contribution in [0, 0.1) is 29.1 Å². The molecule has 2 nitrogen and oxygen atoms in total. The average molecular weight is 284 g/mol. The van der Waals surface area contributed by atoms with E-state index >= 15 is 0 Å². The molecule has 0 heterocycles. The Morgan fingerprint density at radius 1 is 1.14 bits per heavy atom. The molecular formula is C19H24O2. The van der Waals surface area contributed by atoms with Crippen molar-refractivity contribution in [1.82, 2.24) is 0 Å². The number of Topliss-reactive ketones (excluding diaryl/α,β-unsaturated/α-hetero) is 1. The van der Waals surface area contributed by atoms with Gasteiger partial charge in [-0.25, -0.2) is 0 Å². The second-order valence-electron chi connectivity index (χ2n) is 7.93. The van der Waals surface area contributed by atoms with Crippen molar-refractivity contribution in [1.29, 1.82) is 0 Å². The highest BCUT2D eigenvalue weighted by Crippen LogP contribution is 2.59. The standard InChI is InChI=1S/C19H24O2/c1-11-7-17-16-10-12-3-4-15(20)9-14(12)8-13(16)5-6-19(17,2)18(11)21/h8-9,11-12,16-17H,3-7,10H2,1-2H3. The number of carbonyl (C=O) groups excluding carboxylic acids is 2. The lowest BCUT2D eigenvalue weighted by molar-refractivity contribution is -0.130. The van der Waals surface area contributed by atoms with Crippen molar-refractivity contribution in [3.8, 4) is 0 Å². The first-order valence-corrected chi connectivity index (χ1v) is 8.48. The van der Waals surface area contributed by atoms with Crippen LogP contribution in [-0.4, -0.2) is 11.6 Å². The summed E-state index contributed by atoms with van der Waals surface area (Å²) in [4.78, 5) is 24.2. The molecule has 0 radical (unpaired) electrons. The first-order valence-electron chi connectivity index (χ1n) is 8.48. The summed E-state index contributed by atoms with van der Waals surface area (Å²) in [5.41, 5.74) is 2.72. The van der Waals surface area contributed by atoms with E-state index in [1.54, 1.807) is 0 Å². The highest BCUT2D eigenvalue weighted by Gasteiger charge is 2.55. The van der Waals surface area contributed by atoms with Gasteiger partial charge in [-0.15, -0.1) is 0 Å². The number of hydrogen-bond donors (Lipinski definition) is 0. The van der Waals surface area contributed by atoms with Crippen LogP contribution in [0.25, 0.3) is 0 Å². The van der Waals surface area contributed by atoms with Crippen molar-refractivity contribution in [2.45, 2.75) is 52.4 Å². The van der Waals surface area contributed by atoms with Crippen LogP contribution in [0.2, 0.25) is 0 Å². The molecule has 0 bridgehead atoms. The fourth-order valence-corrected chi connectivity index (χ4v) is 5.55. The second-order valence-corrected chi connectivity index (χ2v) is 7.93. The first-order chi connectivity index (χ1) is 9.99. The van der Waals surface area contributed by atoms with Crippen LogP contribution in [0.3, 0.4) is 0 Å². The van der Waals surface area contributed by atoms with Crippen molar-refractivity contribution in [3.63, 3.8) is 0 Å². The molecule has 0 amide bonds. The minimum Gasteiger partial charge on any atom is -0.299 e. The van der Waals surface area contributed by atoms with E-state index in [0.717, 1.165) is 25.7 Å². The van der Waals surface area contributed by atoms with Gasteiger partial charge in [-0.3, -0.25) is 9.59 Å². The summed E-state index contributed by atoms with van der Waals surface area (Å²) < 4.78 is 0. The molecule has 0 spiro atoms. The smallest absolute Gasteiger partial charge is 0.155 e. The van der Waals surface area contributed by atoms with Gasteiger partial charge in [-0.1, -0.05) is 25.5 Å². The molecule has 4 rings (SSSR count). The van der Waals surface area contributed by atoms with E-state index in [1.807, 2.05) is 6.08 Å². The van der Waals surface area contributed by atoms with E-state index in [1.165, 1.54) is 17.6 Å². The lowest BCUT2D eigenvalue weighted by atomic mass is 9.57. The summed E-state index contributed by atoms with van der Waals surface area (Å²) >= 11 is 0. The summed E-state index contributed by atoms with van der Waals surface area (Å²) in [6.07, 6.45) is 10.2. The monoisotopic (exact) mass is 284 g/mol. The van der Waals surface area contributed by atoms with Crippen molar-refractivity contribution in [2.75, 3.05) is 0 Å². The lowest BCUT2D eigenvalue weighted by Gasteiger charge is -2.46. The van der Waals surface area contributed by atoms with Crippen LogP contribution < -0.4 is 0 Å². The number of fused-ring (bicyclic) bond motifs is 4. The molecule has 2 fully saturated rings. The maximum Gasteiger partial charge on any atom is 0.155 e. The molecule has 0 saturated heterocycles. The van der Waals surface area contributed by atoms with Gasteiger partial charge in [0.2, 0.25) is 0 Å². The summed E-state index contributed by atoms with van der Waals surface area (Å²) in [5.74, 6) is 2.73. The third kappa shape index (κ3) is 1.84. The Morgan fingerprint density at radius 3 is 2.76 bits per heavy atom. The van der Waals surface area contributed by atoms with Gasteiger partial charge in [0.25, 0.3) is 0 Å². The SMILES string of the molecule is CC1CC2C3CC4CCC(=O)C=C4C=C3CCC2(C)C1=O. The molecule has 0 aliphatic heterocycles. The third-order valence-electron chi connectivity index (χ3n) is 6.76. The first kappa shape index (κ1) is 13.5. The molecule has 21 heavy (non-hydrogen) atoms. The highest BCUT2D eigenvalue weighted by atomic mass is 16.1. The fourth-order valence-electron chi connectivity index (χ4n) is 5.55. The van der Waals surface area contributed by atoms with Crippen LogP contribution in [-0.2, 0) is 9.59 Å². The molecule has 0 N–H and O–H groups in total. The van der Waals surface area contributed by atoms with Gasteiger partial charge in [0, 0.05) is 17.8 Å². The Kier molecular flexibility index (Phi) is 2.83. The van der Waals surface area contributed by atoms with Crippen LogP contribution in [0.5, 0.6) is 0 Å². The number of ketones is 2. The van der Waals surface area contributed by atoms with Crippen molar-refractivity contribution >= 4 is 11.6 Å². The molecule has 0 aromatic carbocycles. The van der Waals surface area contributed by atoms with Gasteiger partial charge in [-0.05, 0) is 61.5 Å². The maximum absolute atomic E-state index is 12.6. The van der Waals surface area contributed by atoms with E-state index in [4.69, 9.17) is 0 Å². The fraction of sp³-hybridized carbons (Fsp3) is 0.684. The number of carbonyl (C=O) groups is 2. The molecule has 5 atom stereocenters. The molecule has 2 saturated carbocycles. The molecule has 0 aromatic heterocycles. The zero-order chi connectivity index (χ0) is 14.8. The Labute approximate surface area is 126 Å². The minimum absolute atomic E-state index is 0.0763. The quantitative estimate of drug-likeness (QED) is 0.677. The van der Waals surface area contributed by atoms with Gasteiger partial charge in [0.05, 0.1) is 0 Å². The summed E-state index contributed by atoms with van der Waals surface area (Å²) in [7, 11) is 0. The number of rotatable bonds is 0. The second kappa shape index (κ2) is 4.41. The minimum atomic E-state index is -0.0763. The number of allylic oxidation sites excluding steroid dienone is 4. The number of hydrogen-bond acceptors (Lipinski definition) is 2. The van der Waals surface area contributed by atoms with E-state index in [-0.39, 0.29) is 11.3 Å². The predicted molar refractivity (Wildman–Crippen MR) is 81.6 cm³/mol. The largest absolute Gasteiger partial charge is 0.299 e. The highest BCUT2D eigenvalue weighted by molar-refractivity contribution is 5.92. The normalized spacial score (nSPS) is 45.4. The topological polar surface area (TPSA) is 34.1 Å². The molecular weight excluding hydrogens is 260 g/mol. The Balaban J connectivity index is 1.71. The average Bonchev–Trinajstić information content (AvgIpc) is 2.69. The molecule has 112 valence electrons. The van der Waals surface area contributed by atoms with E-state index in [0.29, 0.717) is 35.7 Å². The molecule has 2 heteroatoms. The summed E-state index contributed by atoms with van der Waals surface area (Å²) in [6, 6.07) is 0. The van der Waals surface area contributed by atoms with Crippen LogP contribution in [0.15, 0.2) is 23.3 Å². The van der Waals surface area contributed by atoms with E-state index in [2.05, 4.69) is 19.9 Å². The maximum atomic E-state index is 12.6. The zero-order valence-electron chi connectivity index (χ0n) is 13.0. The molecule has 5 unspecified atom stereocenters. The van der Waals surface area contributed by atoms with Crippen molar-refractivity contribution in [3.05, 3.63) is 23.3 Å².